The van der Waals surface area contributed by atoms with E-state index in [9.17, 15) is 13.2 Å². The summed E-state index contributed by atoms with van der Waals surface area (Å²) in [6.45, 7) is 0. The molecular weight excluding hydrogens is 326 g/mol. The van der Waals surface area contributed by atoms with Crippen molar-refractivity contribution < 1.29 is 13.2 Å². The van der Waals surface area contributed by atoms with Crippen molar-refractivity contribution >= 4 is 27.5 Å². The summed E-state index contributed by atoms with van der Waals surface area (Å²) in [6, 6.07) is 7.24. The molecule has 0 saturated heterocycles. The number of hydrogen-bond donors (Lipinski definition) is 1. The van der Waals surface area contributed by atoms with Gasteiger partial charge < -0.3 is 0 Å². The molecular formula is C14H12ClN3O3S. The average molecular weight is 338 g/mol. The van der Waals surface area contributed by atoms with E-state index in [1.54, 1.807) is 6.07 Å². The SMILES string of the molecule is O=C(NS(=O)(=O)c1cnccn1)[C@H]1C[C@@H]1c1ccccc1Cl. The maximum atomic E-state index is 12.1. The number of halogens is 1. The molecule has 22 heavy (non-hydrogen) atoms. The first-order valence-electron chi connectivity index (χ1n) is 6.56. The van der Waals surface area contributed by atoms with Gasteiger partial charge in [0.2, 0.25) is 5.91 Å². The summed E-state index contributed by atoms with van der Waals surface area (Å²) in [5.74, 6) is -0.993. The number of hydrogen-bond acceptors (Lipinski definition) is 5. The Bertz CT molecular complexity index is 811. The number of nitrogens with zero attached hydrogens (tertiary/aromatic N) is 2. The van der Waals surface area contributed by atoms with Crippen molar-refractivity contribution in [3.05, 3.63) is 53.4 Å². The molecule has 1 fully saturated rings. The summed E-state index contributed by atoms with van der Waals surface area (Å²) in [5.41, 5.74) is 0.862. The van der Waals surface area contributed by atoms with Crippen molar-refractivity contribution in [1.82, 2.24) is 14.7 Å². The molecule has 1 aromatic heterocycles. The summed E-state index contributed by atoms with van der Waals surface area (Å²) in [5, 5.41) is 0.304. The summed E-state index contributed by atoms with van der Waals surface area (Å²) < 4.78 is 26.1. The Morgan fingerprint density at radius 1 is 1.27 bits per heavy atom. The van der Waals surface area contributed by atoms with Gasteiger partial charge in [-0.25, -0.2) is 9.71 Å². The minimum Gasteiger partial charge on any atom is -0.274 e. The molecule has 0 bridgehead atoms. The van der Waals surface area contributed by atoms with Crippen LogP contribution in [0.5, 0.6) is 0 Å². The summed E-state index contributed by atoms with van der Waals surface area (Å²) >= 11 is 6.09. The Labute approximate surface area is 132 Å². The Hall–Kier alpha value is -1.99. The van der Waals surface area contributed by atoms with Crippen LogP contribution in [0, 0.1) is 5.92 Å². The van der Waals surface area contributed by atoms with E-state index >= 15 is 0 Å². The van der Waals surface area contributed by atoms with Crippen LogP contribution in [0.1, 0.15) is 17.9 Å². The zero-order chi connectivity index (χ0) is 15.7. The van der Waals surface area contributed by atoms with E-state index in [1.165, 1.54) is 12.4 Å². The second kappa shape index (κ2) is 5.66. The molecule has 1 heterocycles. The smallest absolute Gasteiger partial charge is 0.274 e. The molecule has 1 aliphatic carbocycles. The maximum absolute atomic E-state index is 12.1. The van der Waals surface area contributed by atoms with Gasteiger partial charge in [-0.05, 0) is 24.0 Å². The number of benzene rings is 1. The molecule has 1 aromatic carbocycles. The van der Waals surface area contributed by atoms with Crippen molar-refractivity contribution in [3.63, 3.8) is 0 Å². The molecule has 3 rings (SSSR count). The summed E-state index contributed by atoms with van der Waals surface area (Å²) in [6.07, 6.45) is 4.28. The largest absolute Gasteiger partial charge is 0.283 e. The molecule has 1 amide bonds. The molecule has 0 aliphatic heterocycles. The maximum Gasteiger partial charge on any atom is 0.283 e. The highest BCUT2D eigenvalue weighted by molar-refractivity contribution is 7.90. The predicted octanol–water partition coefficient (Wildman–Crippen LogP) is 1.74. The van der Waals surface area contributed by atoms with E-state index in [-0.39, 0.29) is 10.9 Å². The predicted molar refractivity (Wildman–Crippen MR) is 79.7 cm³/mol. The molecule has 6 nitrogen and oxygen atoms in total. The van der Waals surface area contributed by atoms with Crippen molar-refractivity contribution in [2.75, 3.05) is 0 Å². The minimum absolute atomic E-state index is 0.0502. The molecule has 1 saturated carbocycles. The first kappa shape index (κ1) is 14.9. The van der Waals surface area contributed by atoms with Crippen molar-refractivity contribution in [2.24, 2.45) is 5.92 Å². The lowest BCUT2D eigenvalue weighted by molar-refractivity contribution is -0.120. The van der Waals surface area contributed by atoms with E-state index < -0.39 is 21.8 Å². The Kier molecular flexibility index (Phi) is 3.84. The zero-order valence-electron chi connectivity index (χ0n) is 11.3. The first-order chi connectivity index (χ1) is 10.5. The van der Waals surface area contributed by atoms with Gasteiger partial charge in [0, 0.05) is 23.3 Å². The third-order valence-electron chi connectivity index (χ3n) is 3.48. The van der Waals surface area contributed by atoms with E-state index in [4.69, 9.17) is 11.6 Å². The fourth-order valence-electron chi connectivity index (χ4n) is 2.29. The second-order valence-corrected chi connectivity index (χ2v) is 7.02. The van der Waals surface area contributed by atoms with Gasteiger partial charge in [-0.15, -0.1) is 0 Å². The number of carbonyl (C=O) groups excluding carboxylic acids is 1. The molecule has 1 aliphatic rings. The van der Waals surface area contributed by atoms with E-state index in [0.717, 1.165) is 11.8 Å². The lowest BCUT2D eigenvalue weighted by atomic mass is 10.1. The number of rotatable bonds is 4. The minimum atomic E-state index is -3.99. The van der Waals surface area contributed by atoms with Crippen LogP contribution in [0.3, 0.4) is 0 Å². The van der Waals surface area contributed by atoms with E-state index in [1.807, 2.05) is 22.9 Å². The highest BCUT2D eigenvalue weighted by Gasteiger charge is 2.46. The topological polar surface area (TPSA) is 89.0 Å². The molecule has 2 atom stereocenters. The van der Waals surface area contributed by atoms with Gasteiger partial charge in [-0.3, -0.25) is 9.78 Å². The zero-order valence-corrected chi connectivity index (χ0v) is 12.9. The lowest BCUT2D eigenvalue weighted by Crippen LogP contribution is -2.32. The molecule has 0 radical (unpaired) electrons. The monoisotopic (exact) mass is 337 g/mol. The van der Waals surface area contributed by atoms with E-state index in [0.29, 0.717) is 11.4 Å². The average Bonchev–Trinajstić information content (AvgIpc) is 3.29. The van der Waals surface area contributed by atoms with Crippen LogP contribution in [0.25, 0.3) is 0 Å². The molecule has 114 valence electrons. The van der Waals surface area contributed by atoms with Crippen molar-refractivity contribution in [2.45, 2.75) is 17.4 Å². The van der Waals surface area contributed by atoms with Gasteiger partial charge in [0.05, 0.1) is 6.20 Å². The Balaban J connectivity index is 1.71. The number of aromatic nitrogens is 2. The summed E-state index contributed by atoms with van der Waals surface area (Å²) in [7, 11) is -3.99. The van der Waals surface area contributed by atoms with Gasteiger partial charge >= 0.3 is 0 Å². The molecule has 2 aromatic rings. The van der Waals surface area contributed by atoms with Gasteiger partial charge in [0.1, 0.15) is 0 Å². The van der Waals surface area contributed by atoms with Crippen LogP contribution in [0.2, 0.25) is 5.02 Å². The van der Waals surface area contributed by atoms with Gasteiger partial charge in [-0.2, -0.15) is 8.42 Å². The standard InChI is InChI=1S/C14H12ClN3O3S/c15-12-4-2-1-3-9(12)10-7-11(10)14(19)18-22(20,21)13-8-16-5-6-17-13/h1-6,8,10-11H,7H2,(H,18,19)/t10-,11+/m1/s1. The Morgan fingerprint density at radius 3 is 2.73 bits per heavy atom. The van der Waals surface area contributed by atoms with Crippen molar-refractivity contribution in [3.8, 4) is 0 Å². The van der Waals surface area contributed by atoms with Crippen LogP contribution in [0.15, 0.2) is 47.9 Å². The summed E-state index contributed by atoms with van der Waals surface area (Å²) in [4.78, 5) is 19.5. The van der Waals surface area contributed by atoms with Gasteiger partial charge in [-0.1, -0.05) is 29.8 Å². The number of sulfonamides is 1. The second-order valence-electron chi connectivity index (χ2n) is 4.98. The molecule has 1 N–H and O–H groups in total. The highest BCUT2D eigenvalue weighted by atomic mass is 35.5. The van der Waals surface area contributed by atoms with Gasteiger partial charge in [0.15, 0.2) is 5.03 Å². The van der Waals surface area contributed by atoms with Crippen LogP contribution in [-0.2, 0) is 14.8 Å². The van der Waals surface area contributed by atoms with Crippen molar-refractivity contribution in [1.29, 1.82) is 0 Å². The lowest BCUT2D eigenvalue weighted by Gasteiger charge is -2.06. The number of nitrogens with one attached hydrogen (secondary N) is 1. The highest BCUT2D eigenvalue weighted by Crippen LogP contribution is 2.49. The molecule has 8 heteroatoms. The van der Waals surface area contributed by atoms with Crippen LogP contribution >= 0.6 is 11.6 Å². The quantitative estimate of drug-likeness (QED) is 0.917. The third kappa shape index (κ3) is 2.95. The van der Waals surface area contributed by atoms with E-state index in [2.05, 4.69) is 9.97 Å². The molecule has 0 unspecified atom stereocenters. The van der Waals surface area contributed by atoms with Gasteiger partial charge in [0.25, 0.3) is 10.0 Å². The fourth-order valence-corrected chi connectivity index (χ4v) is 3.48. The van der Waals surface area contributed by atoms with Crippen LogP contribution < -0.4 is 4.72 Å². The first-order valence-corrected chi connectivity index (χ1v) is 8.42. The Morgan fingerprint density at radius 2 is 2.05 bits per heavy atom. The number of amides is 1. The van der Waals surface area contributed by atoms with Crippen LogP contribution in [0.4, 0.5) is 0 Å². The normalized spacial score (nSPS) is 20.4. The third-order valence-corrected chi connectivity index (χ3v) is 5.06. The fraction of sp³-hybridized carbons (Fsp3) is 0.214. The molecule has 0 spiro atoms. The number of carbonyl (C=O) groups is 1. The van der Waals surface area contributed by atoms with Crippen LogP contribution in [-0.4, -0.2) is 24.3 Å².